The summed E-state index contributed by atoms with van der Waals surface area (Å²) < 4.78 is 0. The van der Waals surface area contributed by atoms with E-state index in [9.17, 15) is 4.79 Å². The summed E-state index contributed by atoms with van der Waals surface area (Å²) in [7, 11) is 0. The zero-order valence-corrected chi connectivity index (χ0v) is 9.29. The average molecular weight is 196 g/mol. The molecule has 0 bridgehead atoms. The molecule has 1 atom stereocenters. The molecule has 0 aromatic carbocycles. The molecule has 1 heterocycles. The highest BCUT2D eigenvalue weighted by Gasteiger charge is 2.30. The van der Waals surface area contributed by atoms with E-state index in [4.69, 9.17) is 5.73 Å². The summed E-state index contributed by atoms with van der Waals surface area (Å²) in [6.07, 6.45) is 5.08. The Balaban J connectivity index is 2.60. The monoisotopic (exact) mass is 196 g/mol. The maximum atomic E-state index is 11.9. The largest absolute Gasteiger partial charge is 0.337 e. The Hall–Kier alpha value is -0.830. The highest BCUT2D eigenvalue weighted by molar-refractivity contribution is 5.82. The van der Waals surface area contributed by atoms with Gasteiger partial charge in [0.05, 0.1) is 6.04 Å². The third-order valence-electron chi connectivity index (χ3n) is 2.57. The van der Waals surface area contributed by atoms with Crippen molar-refractivity contribution in [2.45, 2.75) is 33.2 Å². The molecule has 0 aromatic rings. The quantitative estimate of drug-likeness (QED) is 0.639. The van der Waals surface area contributed by atoms with E-state index in [1.54, 1.807) is 0 Å². The van der Waals surface area contributed by atoms with Crippen LogP contribution in [0.4, 0.5) is 0 Å². The lowest BCUT2D eigenvalue weighted by Gasteiger charge is -2.32. The van der Waals surface area contributed by atoms with E-state index in [0.717, 1.165) is 13.0 Å². The van der Waals surface area contributed by atoms with Gasteiger partial charge in [-0.1, -0.05) is 32.9 Å². The van der Waals surface area contributed by atoms with Crippen LogP contribution in [0.2, 0.25) is 0 Å². The summed E-state index contributed by atoms with van der Waals surface area (Å²) in [5.74, 6) is 0.0712. The van der Waals surface area contributed by atoms with Crippen molar-refractivity contribution in [3.05, 3.63) is 12.2 Å². The second-order valence-corrected chi connectivity index (χ2v) is 4.89. The van der Waals surface area contributed by atoms with E-state index >= 15 is 0 Å². The Morgan fingerprint density at radius 1 is 1.43 bits per heavy atom. The summed E-state index contributed by atoms with van der Waals surface area (Å²) >= 11 is 0. The standard InChI is InChI=1S/C11H20N2O/c1-11(2,3)9(12)10(14)13-7-5-4-6-8-13/h4-5,9H,6-8,12H2,1-3H3/t9-/m0/s1. The number of hydrogen-bond donors (Lipinski definition) is 1. The van der Waals surface area contributed by atoms with Crippen LogP contribution in [-0.2, 0) is 4.79 Å². The second kappa shape index (κ2) is 4.13. The maximum absolute atomic E-state index is 11.9. The summed E-state index contributed by atoms with van der Waals surface area (Å²) in [5.41, 5.74) is 5.76. The third kappa shape index (κ3) is 2.58. The van der Waals surface area contributed by atoms with Crippen LogP contribution in [0.15, 0.2) is 12.2 Å². The molecule has 1 amide bonds. The summed E-state index contributed by atoms with van der Waals surface area (Å²) in [5, 5.41) is 0. The van der Waals surface area contributed by atoms with Crippen molar-refractivity contribution in [3.8, 4) is 0 Å². The van der Waals surface area contributed by atoms with Gasteiger partial charge in [-0.15, -0.1) is 0 Å². The molecule has 3 nitrogen and oxygen atoms in total. The summed E-state index contributed by atoms with van der Waals surface area (Å²) in [4.78, 5) is 13.7. The van der Waals surface area contributed by atoms with Gasteiger partial charge >= 0.3 is 0 Å². The maximum Gasteiger partial charge on any atom is 0.240 e. The van der Waals surface area contributed by atoms with Crippen LogP contribution >= 0.6 is 0 Å². The fourth-order valence-electron chi connectivity index (χ4n) is 1.41. The van der Waals surface area contributed by atoms with Crippen LogP contribution in [0.25, 0.3) is 0 Å². The normalized spacial score (nSPS) is 19.6. The Morgan fingerprint density at radius 2 is 2.07 bits per heavy atom. The van der Waals surface area contributed by atoms with Gasteiger partial charge < -0.3 is 10.6 Å². The molecular weight excluding hydrogens is 176 g/mol. The highest BCUT2D eigenvalue weighted by atomic mass is 16.2. The van der Waals surface area contributed by atoms with Gasteiger partial charge in [-0.2, -0.15) is 0 Å². The fourth-order valence-corrected chi connectivity index (χ4v) is 1.41. The molecule has 80 valence electrons. The number of amides is 1. The fraction of sp³-hybridized carbons (Fsp3) is 0.727. The molecule has 0 radical (unpaired) electrons. The van der Waals surface area contributed by atoms with Crippen molar-refractivity contribution in [2.24, 2.45) is 11.1 Å². The molecule has 0 saturated carbocycles. The molecule has 1 aliphatic rings. The lowest BCUT2D eigenvalue weighted by Crippen LogP contribution is -2.51. The Labute approximate surface area is 86.0 Å². The topological polar surface area (TPSA) is 46.3 Å². The first-order valence-corrected chi connectivity index (χ1v) is 5.12. The Kier molecular flexibility index (Phi) is 3.32. The van der Waals surface area contributed by atoms with Gasteiger partial charge in [0.15, 0.2) is 0 Å². The highest BCUT2D eigenvalue weighted by Crippen LogP contribution is 2.19. The average Bonchev–Trinajstić information content (AvgIpc) is 2.15. The molecule has 14 heavy (non-hydrogen) atoms. The molecular formula is C11H20N2O. The number of carbonyl (C=O) groups is 1. The molecule has 0 saturated heterocycles. The number of nitrogens with zero attached hydrogens (tertiary/aromatic N) is 1. The summed E-state index contributed by atoms with van der Waals surface area (Å²) in [6.45, 7) is 7.50. The zero-order chi connectivity index (χ0) is 10.8. The van der Waals surface area contributed by atoms with E-state index in [1.165, 1.54) is 0 Å². The summed E-state index contributed by atoms with van der Waals surface area (Å²) in [6, 6.07) is -0.394. The first-order valence-electron chi connectivity index (χ1n) is 5.12. The van der Waals surface area contributed by atoms with E-state index in [-0.39, 0.29) is 11.3 Å². The van der Waals surface area contributed by atoms with Gasteiger partial charge in [-0.3, -0.25) is 4.79 Å². The number of hydrogen-bond acceptors (Lipinski definition) is 2. The number of nitrogens with two attached hydrogens (primary N) is 1. The smallest absolute Gasteiger partial charge is 0.240 e. The SMILES string of the molecule is CC(C)(C)[C@@H](N)C(=O)N1CC=CCC1. The minimum atomic E-state index is -0.394. The first kappa shape index (κ1) is 11.2. The van der Waals surface area contributed by atoms with Crippen molar-refractivity contribution >= 4 is 5.91 Å². The van der Waals surface area contributed by atoms with Crippen LogP contribution in [-0.4, -0.2) is 29.9 Å². The Bertz CT molecular complexity index is 240. The van der Waals surface area contributed by atoms with Crippen LogP contribution in [0, 0.1) is 5.41 Å². The van der Waals surface area contributed by atoms with Gasteiger partial charge in [-0.25, -0.2) is 0 Å². The second-order valence-electron chi connectivity index (χ2n) is 4.89. The molecule has 0 fully saturated rings. The molecule has 2 N–H and O–H groups in total. The zero-order valence-electron chi connectivity index (χ0n) is 9.29. The van der Waals surface area contributed by atoms with Gasteiger partial charge in [0.25, 0.3) is 0 Å². The molecule has 0 unspecified atom stereocenters. The minimum absolute atomic E-state index is 0.0712. The molecule has 0 aliphatic carbocycles. The van der Waals surface area contributed by atoms with Gasteiger partial charge in [0.1, 0.15) is 0 Å². The van der Waals surface area contributed by atoms with Crippen molar-refractivity contribution in [2.75, 3.05) is 13.1 Å². The minimum Gasteiger partial charge on any atom is -0.337 e. The number of rotatable bonds is 1. The molecule has 3 heteroatoms. The van der Waals surface area contributed by atoms with Crippen LogP contribution in [0.3, 0.4) is 0 Å². The van der Waals surface area contributed by atoms with E-state index < -0.39 is 6.04 Å². The van der Waals surface area contributed by atoms with Gasteiger partial charge in [0.2, 0.25) is 5.91 Å². The van der Waals surface area contributed by atoms with E-state index in [2.05, 4.69) is 6.08 Å². The Morgan fingerprint density at radius 3 is 2.50 bits per heavy atom. The van der Waals surface area contributed by atoms with Crippen LogP contribution in [0.1, 0.15) is 27.2 Å². The van der Waals surface area contributed by atoms with Crippen molar-refractivity contribution < 1.29 is 4.79 Å². The molecule has 1 aliphatic heterocycles. The van der Waals surface area contributed by atoms with Crippen molar-refractivity contribution in [1.82, 2.24) is 4.90 Å². The van der Waals surface area contributed by atoms with Crippen molar-refractivity contribution in [3.63, 3.8) is 0 Å². The van der Waals surface area contributed by atoms with Gasteiger partial charge in [-0.05, 0) is 11.8 Å². The van der Waals surface area contributed by atoms with Gasteiger partial charge in [0, 0.05) is 13.1 Å². The predicted molar refractivity (Wildman–Crippen MR) is 57.8 cm³/mol. The van der Waals surface area contributed by atoms with Crippen LogP contribution < -0.4 is 5.73 Å². The molecule has 1 rings (SSSR count). The van der Waals surface area contributed by atoms with Crippen molar-refractivity contribution in [1.29, 1.82) is 0 Å². The lowest BCUT2D eigenvalue weighted by atomic mass is 9.86. The van der Waals surface area contributed by atoms with Crippen LogP contribution in [0.5, 0.6) is 0 Å². The number of carbonyl (C=O) groups excluding carboxylic acids is 1. The lowest BCUT2D eigenvalue weighted by molar-refractivity contribution is -0.134. The molecule has 0 aromatic heterocycles. The third-order valence-corrected chi connectivity index (χ3v) is 2.57. The first-order chi connectivity index (χ1) is 6.43. The predicted octanol–water partition coefficient (Wildman–Crippen LogP) is 1.15. The molecule has 0 spiro atoms. The van der Waals surface area contributed by atoms with E-state index in [0.29, 0.717) is 6.54 Å². The van der Waals surface area contributed by atoms with E-state index in [1.807, 2.05) is 31.7 Å².